The Kier molecular flexibility index (Phi) is 1.03. The van der Waals surface area contributed by atoms with Crippen molar-refractivity contribution in [3.63, 3.8) is 0 Å². The van der Waals surface area contributed by atoms with Crippen LogP contribution in [-0.2, 0) is 0 Å². The van der Waals surface area contributed by atoms with E-state index in [0.717, 1.165) is 5.69 Å². The monoisotopic (exact) mass is 146 g/mol. The fourth-order valence-electron chi connectivity index (χ4n) is 0.947. The van der Waals surface area contributed by atoms with E-state index < -0.39 is 0 Å². The second kappa shape index (κ2) is 1.88. The zero-order chi connectivity index (χ0) is 7.84. The molecule has 4 nitrogen and oxygen atoms in total. The summed E-state index contributed by atoms with van der Waals surface area (Å²) >= 11 is 0. The Hall–Kier alpha value is -1.71. The third kappa shape index (κ3) is 0.724. The van der Waals surface area contributed by atoms with E-state index in [0.29, 0.717) is 16.3 Å². The molecule has 2 rings (SSSR count). The van der Waals surface area contributed by atoms with Gasteiger partial charge in [-0.05, 0) is 17.4 Å². The predicted octanol–water partition coefficient (Wildman–Crippen LogP) is 0.311. The molecule has 0 radical (unpaired) electrons. The van der Waals surface area contributed by atoms with Gasteiger partial charge >= 0.3 is 0 Å². The van der Waals surface area contributed by atoms with E-state index in [9.17, 15) is 0 Å². The van der Waals surface area contributed by atoms with Crippen molar-refractivity contribution in [2.24, 2.45) is 15.4 Å². The maximum absolute atomic E-state index is 5.59. The lowest BCUT2D eigenvalue weighted by Gasteiger charge is -1.91. The van der Waals surface area contributed by atoms with Crippen LogP contribution >= 0.6 is 0 Å². The molecule has 1 aromatic carbocycles. The average Bonchev–Trinajstić information content (AvgIpc) is 2.45. The largest absolute Gasteiger partial charge is 0.398 e. The second-order valence-corrected chi connectivity index (χ2v) is 2.29. The Labute approximate surface area is 62.8 Å². The SMILES string of the molecule is C=c1c(N)ccc2c1=NN=N2. The van der Waals surface area contributed by atoms with Crippen LogP contribution in [0.4, 0.5) is 11.4 Å². The minimum atomic E-state index is 0.625. The van der Waals surface area contributed by atoms with Crippen LogP contribution in [0.15, 0.2) is 27.6 Å². The van der Waals surface area contributed by atoms with Gasteiger partial charge in [0, 0.05) is 10.9 Å². The molecule has 0 spiro atoms. The molecule has 0 aromatic heterocycles. The molecule has 4 heteroatoms. The normalized spacial score (nSPS) is 12.7. The van der Waals surface area contributed by atoms with Crippen LogP contribution in [0, 0.1) is 0 Å². The third-order valence-electron chi connectivity index (χ3n) is 1.59. The Morgan fingerprint density at radius 2 is 2.18 bits per heavy atom. The molecule has 0 aliphatic carbocycles. The first-order valence-corrected chi connectivity index (χ1v) is 3.15. The Morgan fingerprint density at radius 3 is 3.00 bits per heavy atom. The van der Waals surface area contributed by atoms with Crippen molar-refractivity contribution < 1.29 is 0 Å². The van der Waals surface area contributed by atoms with Crippen molar-refractivity contribution in [1.82, 2.24) is 0 Å². The van der Waals surface area contributed by atoms with E-state index in [-0.39, 0.29) is 0 Å². The molecule has 0 amide bonds. The van der Waals surface area contributed by atoms with Crippen LogP contribution in [0.2, 0.25) is 0 Å². The maximum Gasteiger partial charge on any atom is 0.124 e. The van der Waals surface area contributed by atoms with Crippen LogP contribution in [0.1, 0.15) is 0 Å². The topological polar surface area (TPSA) is 63.1 Å². The van der Waals surface area contributed by atoms with Crippen molar-refractivity contribution in [1.29, 1.82) is 0 Å². The molecule has 0 unspecified atom stereocenters. The maximum atomic E-state index is 5.59. The van der Waals surface area contributed by atoms with Gasteiger partial charge in [-0.2, -0.15) is 0 Å². The highest BCUT2D eigenvalue weighted by Gasteiger charge is 2.02. The number of fused-ring (bicyclic) bond motifs is 1. The Morgan fingerprint density at radius 1 is 1.36 bits per heavy atom. The summed E-state index contributed by atoms with van der Waals surface area (Å²) in [7, 11) is 0. The number of hydrogen-bond acceptors (Lipinski definition) is 4. The predicted molar refractivity (Wildman–Crippen MR) is 41.7 cm³/mol. The van der Waals surface area contributed by atoms with Gasteiger partial charge in [0.1, 0.15) is 11.0 Å². The van der Waals surface area contributed by atoms with Crippen molar-refractivity contribution in [3.05, 3.63) is 22.7 Å². The minimum absolute atomic E-state index is 0.625. The quantitative estimate of drug-likeness (QED) is 0.526. The first kappa shape index (κ1) is 6.03. The van der Waals surface area contributed by atoms with Gasteiger partial charge < -0.3 is 5.73 Å². The standard InChI is InChI=1S/C7H6N4/c1-4-5(8)2-3-6-7(4)10-11-9-6/h2-3H,1,8H2. The summed E-state index contributed by atoms with van der Waals surface area (Å²) in [6.45, 7) is 3.75. The number of hydrogen-bond donors (Lipinski definition) is 1. The van der Waals surface area contributed by atoms with Crippen LogP contribution in [-0.4, -0.2) is 0 Å². The van der Waals surface area contributed by atoms with Gasteiger partial charge in [-0.1, -0.05) is 6.58 Å². The zero-order valence-corrected chi connectivity index (χ0v) is 5.78. The summed E-state index contributed by atoms with van der Waals surface area (Å²) in [6, 6.07) is 3.53. The third-order valence-corrected chi connectivity index (χ3v) is 1.59. The highest BCUT2D eigenvalue weighted by molar-refractivity contribution is 5.49. The fourth-order valence-corrected chi connectivity index (χ4v) is 0.947. The first-order chi connectivity index (χ1) is 5.29. The molecule has 1 aliphatic rings. The molecule has 54 valence electrons. The summed E-state index contributed by atoms with van der Waals surface area (Å²) in [5.41, 5.74) is 6.95. The molecule has 1 heterocycles. The van der Waals surface area contributed by atoms with Gasteiger partial charge in [-0.15, -0.1) is 10.2 Å². The van der Waals surface area contributed by atoms with Crippen LogP contribution in [0.3, 0.4) is 0 Å². The van der Waals surface area contributed by atoms with E-state index in [2.05, 4.69) is 22.0 Å². The molecule has 2 N–H and O–H groups in total. The van der Waals surface area contributed by atoms with Gasteiger partial charge in [-0.3, -0.25) is 0 Å². The van der Waals surface area contributed by atoms with Gasteiger partial charge in [0.15, 0.2) is 0 Å². The molecular formula is C7H6N4. The Bertz CT molecular complexity index is 432. The summed E-state index contributed by atoms with van der Waals surface area (Å²) in [5, 5.41) is 12.4. The second-order valence-electron chi connectivity index (χ2n) is 2.29. The summed E-state index contributed by atoms with van der Waals surface area (Å²) < 4.78 is 0. The van der Waals surface area contributed by atoms with Crippen molar-refractivity contribution in [3.8, 4) is 0 Å². The van der Waals surface area contributed by atoms with Crippen LogP contribution < -0.4 is 16.3 Å². The Balaban J connectivity index is 2.96. The number of nitrogens with zero attached hydrogens (tertiary/aromatic N) is 3. The van der Waals surface area contributed by atoms with E-state index in [1.54, 1.807) is 12.1 Å². The highest BCUT2D eigenvalue weighted by atomic mass is 15.4. The van der Waals surface area contributed by atoms with Crippen molar-refractivity contribution in [2.75, 3.05) is 5.73 Å². The minimum Gasteiger partial charge on any atom is -0.398 e. The zero-order valence-electron chi connectivity index (χ0n) is 5.78. The lowest BCUT2D eigenvalue weighted by atomic mass is 10.2. The number of nitrogen functional groups attached to an aromatic ring is 1. The molecule has 1 aliphatic heterocycles. The van der Waals surface area contributed by atoms with Gasteiger partial charge in [0.25, 0.3) is 0 Å². The lowest BCUT2D eigenvalue weighted by molar-refractivity contribution is 1.08. The van der Waals surface area contributed by atoms with E-state index in [1.165, 1.54) is 0 Å². The molecule has 0 atom stereocenters. The van der Waals surface area contributed by atoms with Gasteiger partial charge in [0.05, 0.1) is 0 Å². The van der Waals surface area contributed by atoms with Crippen molar-refractivity contribution >= 4 is 18.0 Å². The number of benzene rings is 1. The molecule has 0 saturated carbocycles. The molecular weight excluding hydrogens is 140 g/mol. The molecule has 0 fully saturated rings. The number of rotatable bonds is 0. The van der Waals surface area contributed by atoms with Gasteiger partial charge in [0.2, 0.25) is 0 Å². The van der Waals surface area contributed by atoms with E-state index >= 15 is 0 Å². The molecule has 0 saturated heterocycles. The summed E-state index contributed by atoms with van der Waals surface area (Å²) in [4.78, 5) is 0. The summed E-state index contributed by atoms with van der Waals surface area (Å²) in [5.74, 6) is 0. The molecule has 0 bridgehead atoms. The molecule has 1 aromatic rings. The van der Waals surface area contributed by atoms with E-state index in [1.807, 2.05) is 0 Å². The number of anilines is 1. The highest BCUT2D eigenvalue weighted by Crippen LogP contribution is 2.08. The average molecular weight is 146 g/mol. The van der Waals surface area contributed by atoms with Crippen molar-refractivity contribution in [2.45, 2.75) is 0 Å². The fraction of sp³-hybridized carbons (Fsp3) is 0. The number of nitrogens with two attached hydrogens (primary N) is 1. The van der Waals surface area contributed by atoms with Crippen LogP contribution in [0.5, 0.6) is 0 Å². The smallest absolute Gasteiger partial charge is 0.124 e. The van der Waals surface area contributed by atoms with Gasteiger partial charge in [-0.25, -0.2) is 0 Å². The lowest BCUT2D eigenvalue weighted by Crippen LogP contribution is -2.25. The van der Waals surface area contributed by atoms with Crippen LogP contribution in [0.25, 0.3) is 6.58 Å². The first-order valence-electron chi connectivity index (χ1n) is 3.15. The molecule has 11 heavy (non-hydrogen) atoms. The van der Waals surface area contributed by atoms with E-state index in [4.69, 9.17) is 5.73 Å². The summed E-state index contributed by atoms with van der Waals surface area (Å²) in [6.07, 6.45) is 0.